The summed E-state index contributed by atoms with van der Waals surface area (Å²) >= 11 is 0. The van der Waals surface area contributed by atoms with Crippen LogP contribution in [0.5, 0.6) is 0 Å². The van der Waals surface area contributed by atoms with Gasteiger partial charge in [0.1, 0.15) is 5.82 Å². The number of nitrogens with one attached hydrogen (secondary N) is 3. The highest BCUT2D eigenvalue weighted by molar-refractivity contribution is 7.92. The number of rotatable bonds is 7. The first kappa shape index (κ1) is 20.4. The summed E-state index contributed by atoms with van der Waals surface area (Å²) in [5.41, 5.74) is 0.893. The van der Waals surface area contributed by atoms with E-state index in [1.807, 2.05) is 0 Å². The Morgan fingerprint density at radius 1 is 1.04 bits per heavy atom. The van der Waals surface area contributed by atoms with Crippen LogP contribution in [0, 0.1) is 12.7 Å². The highest BCUT2D eigenvalue weighted by atomic mass is 32.2. The Bertz CT molecular complexity index is 944. The molecule has 144 valence electrons. The Hall–Kier alpha value is -2.94. The molecule has 2 amide bonds. The van der Waals surface area contributed by atoms with Gasteiger partial charge in [-0.15, -0.1) is 0 Å². The van der Waals surface area contributed by atoms with E-state index in [0.717, 1.165) is 12.1 Å². The lowest BCUT2D eigenvalue weighted by molar-refractivity contribution is -0.120. The fraction of sp³-hybridized carbons (Fsp3) is 0.222. The van der Waals surface area contributed by atoms with Crippen molar-refractivity contribution in [2.75, 3.05) is 17.8 Å². The third-order valence-electron chi connectivity index (χ3n) is 3.64. The molecule has 0 saturated carbocycles. The molecular formula is C18H20FN3O4S. The fourth-order valence-corrected chi connectivity index (χ4v) is 3.34. The molecule has 0 aromatic heterocycles. The van der Waals surface area contributed by atoms with Gasteiger partial charge in [0.15, 0.2) is 0 Å². The summed E-state index contributed by atoms with van der Waals surface area (Å²) in [7, 11) is -3.97. The number of anilines is 1. The number of halogens is 1. The van der Waals surface area contributed by atoms with Gasteiger partial charge in [-0.25, -0.2) is 12.8 Å². The number of amides is 2. The van der Waals surface area contributed by atoms with Crippen LogP contribution in [0.3, 0.4) is 0 Å². The second kappa shape index (κ2) is 8.63. The average Bonchev–Trinajstić information content (AvgIpc) is 2.62. The Morgan fingerprint density at radius 2 is 1.70 bits per heavy atom. The van der Waals surface area contributed by atoms with Crippen LogP contribution in [0.25, 0.3) is 0 Å². The molecule has 0 spiro atoms. The van der Waals surface area contributed by atoms with Gasteiger partial charge in [0, 0.05) is 17.8 Å². The Morgan fingerprint density at radius 3 is 2.33 bits per heavy atom. The number of hydrogen-bond acceptors (Lipinski definition) is 4. The van der Waals surface area contributed by atoms with E-state index in [1.54, 1.807) is 13.8 Å². The van der Waals surface area contributed by atoms with Crippen molar-refractivity contribution in [3.05, 3.63) is 59.4 Å². The number of aryl methyl sites for hydroxylation is 1. The molecule has 2 aromatic carbocycles. The van der Waals surface area contributed by atoms with Gasteiger partial charge in [0.05, 0.1) is 11.4 Å². The molecule has 0 unspecified atom stereocenters. The number of benzene rings is 2. The molecule has 0 bridgehead atoms. The first-order valence-corrected chi connectivity index (χ1v) is 9.65. The second-order valence-corrected chi connectivity index (χ2v) is 7.41. The third-order valence-corrected chi connectivity index (χ3v) is 5.02. The average molecular weight is 393 g/mol. The monoisotopic (exact) mass is 393 g/mol. The van der Waals surface area contributed by atoms with E-state index in [-0.39, 0.29) is 28.6 Å². The van der Waals surface area contributed by atoms with Crippen LogP contribution < -0.4 is 15.4 Å². The summed E-state index contributed by atoms with van der Waals surface area (Å²) in [6, 6.07) is 8.94. The van der Waals surface area contributed by atoms with Gasteiger partial charge in [-0.2, -0.15) is 0 Å². The Balaban J connectivity index is 2.20. The topological polar surface area (TPSA) is 104 Å². The summed E-state index contributed by atoms with van der Waals surface area (Å²) in [6.45, 7) is 3.64. The van der Waals surface area contributed by atoms with Crippen LogP contribution in [-0.2, 0) is 14.8 Å². The van der Waals surface area contributed by atoms with E-state index in [1.165, 1.54) is 30.3 Å². The number of likely N-dealkylation sites (N-methyl/N-ethyl adjacent to an activating group) is 1. The van der Waals surface area contributed by atoms with E-state index < -0.39 is 21.7 Å². The van der Waals surface area contributed by atoms with Crippen LogP contribution >= 0.6 is 0 Å². The van der Waals surface area contributed by atoms with Crippen LogP contribution in [0.15, 0.2) is 47.4 Å². The molecular weight excluding hydrogens is 373 g/mol. The second-order valence-electron chi connectivity index (χ2n) is 5.73. The minimum atomic E-state index is -3.97. The lowest BCUT2D eigenvalue weighted by Crippen LogP contribution is -2.37. The van der Waals surface area contributed by atoms with Gasteiger partial charge < -0.3 is 10.6 Å². The zero-order chi connectivity index (χ0) is 20.0. The van der Waals surface area contributed by atoms with Crippen molar-refractivity contribution in [1.29, 1.82) is 0 Å². The lowest BCUT2D eigenvalue weighted by atomic mass is 10.1. The maximum absolute atomic E-state index is 13.0. The minimum Gasteiger partial charge on any atom is -0.355 e. The quantitative estimate of drug-likeness (QED) is 0.667. The third kappa shape index (κ3) is 5.52. The largest absolute Gasteiger partial charge is 0.355 e. The SMILES string of the molecule is CCNC(=O)CNC(=O)c1cc(S(=O)(=O)Nc2ccc(F)cc2)ccc1C. The van der Waals surface area contributed by atoms with E-state index in [9.17, 15) is 22.4 Å². The van der Waals surface area contributed by atoms with E-state index in [2.05, 4.69) is 15.4 Å². The zero-order valence-electron chi connectivity index (χ0n) is 14.9. The van der Waals surface area contributed by atoms with Crippen molar-refractivity contribution in [3.63, 3.8) is 0 Å². The van der Waals surface area contributed by atoms with Crippen LogP contribution in [0.1, 0.15) is 22.8 Å². The van der Waals surface area contributed by atoms with Crippen molar-refractivity contribution in [3.8, 4) is 0 Å². The summed E-state index contributed by atoms with van der Waals surface area (Å²) in [5, 5.41) is 5.00. The predicted octanol–water partition coefficient (Wildman–Crippen LogP) is 1.80. The zero-order valence-corrected chi connectivity index (χ0v) is 15.7. The van der Waals surface area contributed by atoms with E-state index in [4.69, 9.17) is 0 Å². The summed E-state index contributed by atoms with van der Waals surface area (Å²) < 4.78 is 40.3. The van der Waals surface area contributed by atoms with Crippen molar-refractivity contribution in [1.82, 2.24) is 10.6 Å². The standard InChI is InChI=1S/C18H20FN3O4S/c1-3-20-17(23)11-21-18(24)16-10-15(9-4-12(16)2)27(25,26)22-14-7-5-13(19)6-8-14/h4-10,22H,3,11H2,1-2H3,(H,20,23)(H,21,24). The molecule has 7 nitrogen and oxygen atoms in total. The van der Waals surface area contributed by atoms with Crippen molar-refractivity contribution >= 4 is 27.5 Å². The first-order valence-electron chi connectivity index (χ1n) is 8.17. The number of sulfonamides is 1. The molecule has 0 aliphatic carbocycles. The smallest absolute Gasteiger partial charge is 0.261 e. The molecule has 9 heteroatoms. The summed E-state index contributed by atoms with van der Waals surface area (Å²) in [5.74, 6) is -1.39. The van der Waals surface area contributed by atoms with Gasteiger partial charge in [-0.1, -0.05) is 6.07 Å². The van der Waals surface area contributed by atoms with Crippen LogP contribution in [0.2, 0.25) is 0 Å². The molecule has 27 heavy (non-hydrogen) atoms. The summed E-state index contributed by atoms with van der Waals surface area (Å²) in [4.78, 5) is 23.6. The van der Waals surface area contributed by atoms with Gasteiger partial charge in [0.2, 0.25) is 5.91 Å². The van der Waals surface area contributed by atoms with Crippen molar-refractivity contribution in [2.24, 2.45) is 0 Å². The fourth-order valence-electron chi connectivity index (χ4n) is 2.26. The van der Waals surface area contributed by atoms with E-state index >= 15 is 0 Å². The highest BCUT2D eigenvalue weighted by Crippen LogP contribution is 2.19. The molecule has 0 atom stereocenters. The molecule has 2 rings (SSSR count). The molecule has 2 aromatic rings. The molecule has 0 aliphatic rings. The van der Waals surface area contributed by atoms with Crippen LogP contribution in [-0.4, -0.2) is 33.3 Å². The summed E-state index contributed by atoms with van der Waals surface area (Å²) in [6.07, 6.45) is 0. The Kier molecular flexibility index (Phi) is 6.51. The molecule has 3 N–H and O–H groups in total. The predicted molar refractivity (Wildman–Crippen MR) is 99.4 cm³/mol. The lowest BCUT2D eigenvalue weighted by Gasteiger charge is -2.12. The Labute approximate surface area is 157 Å². The normalized spacial score (nSPS) is 10.9. The van der Waals surface area contributed by atoms with Gasteiger partial charge in [0.25, 0.3) is 15.9 Å². The molecule has 0 fully saturated rings. The number of hydrogen-bond donors (Lipinski definition) is 3. The number of carbonyl (C=O) groups excluding carboxylic acids is 2. The molecule has 0 heterocycles. The van der Waals surface area contributed by atoms with Gasteiger partial charge in [-0.05, 0) is 55.8 Å². The van der Waals surface area contributed by atoms with Crippen LogP contribution in [0.4, 0.5) is 10.1 Å². The molecule has 0 saturated heterocycles. The van der Waals surface area contributed by atoms with Crippen molar-refractivity contribution < 1.29 is 22.4 Å². The van der Waals surface area contributed by atoms with Crippen molar-refractivity contribution in [2.45, 2.75) is 18.7 Å². The minimum absolute atomic E-state index is 0.124. The maximum Gasteiger partial charge on any atom is 0.261 e. The van der Waals surface area contributed by atoms with Gasteiger partial charge >= 0.3 is 0 Å². The molecule has 0 radical (unpaired) electrons. The number of carbonyl (C=O) groups is 2. The van der Waals surface area contributed by atoms with E-state index in [0.29, 0.717) is 12.1 Å². The molecule has 0 aliphatic heterocycles. The highest BCUT2D eigenvalue weighted by Gasteiger charge is 2.18. The van der Waals surface area contributed by atoms with Gasteiger partial charge in [-0.3, -0.25) is 14.3 Å². The maximum atomic E-state index is 13.0. The first-order chi connectivity index (χ1) is 12.7.